The number of anilines is 2. The van der Waals surface area contributed by atoms with E-state index in [0.29, 0.717) is 0 Å². The number of carbonyl (C=O) groups excluding carboxylic acids is 1. The second-order valence-electron chi connectivity index (χ2n) is 13.1. The fourth-order valence-electron chi connectivity index (χ4n) is 5.41. The van der Waals surface area contributed by atoms with Crippen LogP contribution >= 0.6 is 0 Å². The molecule has 32 heteroatoms. The van der Waals surface area contributed by atoms with Gasteiger partial charge in [-0.1, -0.05) is 0 Å². The van der Waals surface area contributed by atoms with E-state index in [1.807, 2.05) is 0 Å². The minimum Gasteiger partial charge on any atom is -0.505 e. The molecule has 5 aromatic carbocycles. The van der Waals surface area contributed by atoms with E-state index in [2.05, 4.69) is 39.5 Å². The van der Waals surface area contributed by atoms with Gasteiger partial charge >= 0.3 is 20.8 Å². The van der Waals surface area contributed by atoms with Gasteiger partial charge in [-0.05, 0) is 91.0 Å². The minimum absolute atomic E-state index is 0.0479. The highest BCUT2D eigenvalue weighted by Gasteiger charge is 2.25. The van der Waals surface area contributed by atoms with Crippen molar-refractivity contribution in [1.82, 2.24) is 0 Å². The maximum absolute atomic E-state index is 13.0. The Morgan fingerprint density at radius 3 is 1.50 bits per heavy atom. The first-order valence-electron chi connectivity index (χ1n) is 17.6. The molecule has 0 aliphatic heterocycles. The number of rotatable bonds is 20. The maximum atomic E-state index is 13.0. The molecule has 1 amide bonds. The number of benzene rings is 5. The Morgan fingerprint density at radius 1 is 0.561 bits per heavy atom. The van der Waals surface area contributed by atoms with Crippen LogP contribution in [-0.4, -0.2) is 110 Å². The van der Waals surface area contributed by atoms with Crippen molar-refractivity contribution in [3.63, 3.8) is 0 Å². The second kappa shape index (κ2) is 19.9. The van der Waals surface area contributed by atoms with Crippen LogP contribution in [0, 0.1) is 0 Å². The molecule has 0 spiro atoms. The standard InChI is InChI=1S/C34H32N6O20S6/c41-33-27-13-14-29(35-20-63(47,48)49)31(28(27)19-30(64(50,51)52)32(33)40-38-24-7-11-26(12-8-24)62(45,46)18-16-60-66(56,57)58)39-37-23-3-1-21(2-4-23)34(42)36-22-5-9-25(10-6-22)61(43,44)17-15-59-65(53,54)55/h1-14,19,35,41H,15-18,20H2,(H,36,42)(H,47,48,49)(H,50,51,52)(H,53,54,55)(H,56,57,58). The third-order valence-corrected chi connectivity index (χ3v) is 14.1. The summed E-state index contributed by atoms with van der Waals surface area (Å²) in [4.78, 5) is 11.3. The molecule has 0 aliphatic carbocycles. The van der Waals surface area contributed by atoms with Crippen molar-refractivity contribution in [2.45, 2.75) is 14.7 Å². The SMILES string of the molecule is O=C(Nc1ccc(S(=O)(=O)CCOS(=O)(=O)O)cc1)c1ccc(N=Nc2c(NCS(=O)(=O)O)ccc3c(O)c(N=Nc4ccc(S(=O)(=O)CCOS(=O)(=O)O)cc4)c(S(=O)(=O)O)cc23)cc1. The molecule has 0 radical (unpaired) electrons. The largest absolute Gasteiger partial charge is 0.505 e. The highest BCUT2D eigenvalue weighted by atomic mass is 32.3. The lowest BCUT2D eigenvalue weighted by molar-refractivity contribution is 0.102. The molecule has 0 aromatic heterocycles. The number of azo groups is 2. The molecule has 0 saturated carbocycles. The van der Waals surface area contributed by atoms with Crippen LogP contribution in [0.15, 0.2) is 126 Å². The minimum atomic E-state index is -5.27. The lowest BCUT2D eigenvalue weighted by Crippen LogP contribution is -2.15. The van der Waals surface area contributed by atoms with Gasteiger partial charge in [0.25, 0.3) is 26.1 Å². The summed E-state index contributed by atoms with van der Waals surface area (Å²) < 4.78 is 186. The van der Waals surface area contributed by atoms with Crippen LogP contribution in [0.2, 0.25) is 0 Å². The van der Waals surface area contributed by atoms with Crippen molar-refractivity contribution in [2.75, 3.05) is 41.2 Å². The van der Waals surface area contributed by atoms with Crippen molar-refractivity contribution in [2.24, 2.45) is 20.5 Å². The highest BCUT2D eigenvalue weighted by molar-refractivity contribution is 7.91. The number of hydrogen-bond donors (Lipinski definition) is 7. The van der Waals surface area contributed by atoms with Crippen molar-refractivity contribution >= 4 is 112 Å². The zero-order chi connectivity index (χ0) is 48.9. The first-order chi connectivity index (χ1) is 30.5. The van der Waals surface area contributed by atoms with Crippen LogP contribution in [0.25, 0.3) is 10.8 Å². The van der Waals surface area contributed by atoms with E-state index in [1.165, 1.54) is 42.5 Å². The molecular weight excluding hydrogens is 1000 g/mol. The molecule has 354 valence electrons. The average molecular weight is 1040 g/mol. The summed E-state index contributed by atoms with van der Waals surface area (Å²) in [6.07, 6.45) is 0. The summed E-state index contributed by atoms with van der Waals surface area (Å²) in [7, 11) is -27.9. The van der Waals surface area contributed by atoms with Gasteiger partial charge in [0.05, 0.1) is 51.6 Å². The van der Waals surface area contributed by atoms with Crippen molar-refractivity contribution < 1.29 is 87.0 Å². The average Bonchev–Trinajstić information content (AvgIpc) is 3.20. The molecular formula is C34H32N6O20S6. The zero-order valence-electron chi connectivity index (χ0n) is 32.8. The highest BCUT2D eigenvalue weighted by Crippen LogP contribution is 2.46. The number of sulfone groups is 2. The molecule has 5 rings (SSSR count). The van der Waals surface area contributed by atoms with Crippen LogP contribution < -0.4 is 10.6 Å². The molecule has 0 saturated heterocycles. The number of carbonyl (C=O) groups is 1. The van der Waals surface area contributed by atoms with Gasteiger partial charge in [-0.25, -0.2) is 25.2 Å². The summed E-state index contributed by atoms with van der Waals surface area (Å²) in [5, 5.41) is 31.5. The molecule has 66 heavy (non-hydrogen) atoms. The van der Waals surface area contributed by atoms with Crippen LogP contribution in [0.3, 0.4) is 0 Å². The molecule has 26 nitrogen and oxygen atoms in total. The number of phenols is 1. The summed E-state index contributed by atoms with van der Waals surface area (Å²) in [5.74, 6) is -4.29. The molecule has 0 bridgehead atoms. The van der Waals surface area contributed by atoms with Gasteiger partial charge in [0.15, 0.2) is 25.4 Å². The number of nitrogens with zero attached hydrogens (tertiary/aromatic N) is 4. The number of nitrogens with one attached hydrogen (secondary N) is 2. The topological polar surface area (TPSA) is 415 Å². The fourth-order valence-corrected chi connectivity index (χ4v) is 9.38. The molecule has 0 unspecified atom stereocenters. The summed E-state index contributed by atoms with van der Waals surface area (Å²) >= 11 is 0. The van der Waals surface area contributed by atoms with E-state index in [4.69, 9.17) is 9.11 Å². The normalized spacial score (nSPS) is 13.1. The van der Waals surface area contributed by atoms with Crippen molar-refractivity contribution in [1.29, 1.82) is 0 Å². The summed E-state index contributed by atoms with van der Waals surface area (Å²) in [6, 6.07) is 17.4. The van der Waals surface area contributed by atoms with Gasteiger partial charge in [-0.3, -0.25) is 23.0 Å². The lowest BCUT2D eigenvalue weighted by atomic mass is 10.1. The summed E-state index contributed by atoms with van der Waals surface area (Å²) in [6.45, 7) is -1.74. The quantitative estimate of drug-likeness (QED) is 0.0421. The second-order valence-corrected chi connectivity index (χ2v) is 22.3. The number of hydrogen-bond acceptors (Lipinski definition) is 21. The van der Waals surface area contributed by atoms with E-state index in [0.717, 1.165) is 48.5 Å². The van der Waals surface area contributed by atoms with Crippen LogP contribution in [0.1, 0.15) is 10.4 Å². The third kappa shape index (κ3) is 14.3. The predicted molar refractivity (Wildman–Crippen MR) is 230 cm³/mol. The molecule has 0 fully saturated rings. The number of amides is 1. The molecule has 0 atom stereocenters. The summed E-state index contributed by atoms with van der Waals surface area (Å²) in [5.41, 5.74) is -1.21. The Balaban J connectivity index is 1.42. The number of aromatic hydroxyl groups is 1. The molecule has 0 heterocycles. The van der Waals surface area contributed by atoms with Gasteiger partial charge in [0.1, 0.15) is 22.1 Å². The van der Waals surface area contributed by atoms with Gasteiger partial charge in [0.2, 0.25) is 0 Å². The Bertz CT molecular complexity index is 3430. The lowest BCUT2D eigenvalue weighted by Gasteiger charge is -2.14. The van der Waals surface area contributed by atoms with Gasteiger partial charge in [-0.2, -0.15) is 43.9 Å². The Labute approximate surface area is 375 Å². The van der Waals surface area contributed by atoms with Gasteiger partial charge < -0.3 is 15.7 Å². The maximum Gasteiger partial charge on any atom is 0.397 e. The number of phenolic OH excluding ortho intramolecular Hbond substituents is 1. The van der Waals surface area contributed by atoms with E-state index < -0.39 is 114 Å². The smallest absolute Gasteiger partial charge is 0.397 e. The molecule has 7 N–H and O–H groups in total. The Kier molecular flexibility index (Phi) is 15.4. The van der Waals surface area contributed by atoms with Crippen LogP contribution in [-0.2, 0) is 69.1 Å². The first-order valence-corrected chi connectivity index (χ1v) is 26.7. The monoisotopic (exact) mass is 1040 g/mol. The van der Waals surface area contributed by atoms with E-state index in [9.17, 15) is 69.5 Å². The zero-order valence-corrected chi connectivity index (χ0v) is 37.7. The predicted octanol–water partition coefficient (Wildman–Crippen LogP) is 4.32. The fraction of sp³-hybridized carbons (Fsp3) is 0.147. The Morgan fingerprint density at radius 2 is 1.03 bits per heavy atom. The third-order valence-electron chi connectivity index (χ3n) is 8.42. The van der Waals surface area contributed by atoms with Crippen molar-refractivity contribution in [3.8, 4) is 5.75 Å². The van der Waals surface area contributed by atoms with Gasteiger partial charge in [0, 0.05) is 22.0 Å². The number of fused-ring (bicyclic) bond motifs is 1. The van der Waals surface area contributed by atoms with Gasteiger partial charge in [-0.15, -0.1) is 10.2 Å². The van der Waals surface area contributed by atoms with E-state index in [-0.39, 0.29) is 54.6 Å². The van der Waals surface area contributed by atoms with Crippen molar-refractivity contribution in [3.05, 3.63) is 96.6 Å². The molecule has 5 aromatic rings. The van der Waals surface area contributed by atoms with E-state index >= 15 is 0 Å². The molecule has 0 aliphatic rings. The first kappa shape index (κ1) is 51.1. The van der Waals surface area contributed by atoms with Crippen LogP contribution in [0.5, 0.6) is 5.75 Å². The van der Waals surface area contributed by atoms with E-state index in [1.54, 1.807) is 0 Å². The Hall–Kier alpha value is -5.91. The van der Waals surface area contributed by atoms with Crippen LogP contribution in [0.4, 0.5) is 34.1 Å².